The van der Waals surface area contributed by atoms with E-state index in [9.17, 15) is 9.90 Å². The smallest absolute Gasteiger partial charge is 0.189 e. The highest BCUT2D eigenvalue weighted by molar-refractivity contribution is 5.95. The molecule has 0 aromatic heterocycles. The van der Waals surface area contributed by atoms with E-state index in [2.05, 4.69) is 0 Å². The Balaban J connectivity index is 2.20. The average molecular weight is 244 g/mol. The first-order valence-electron chi connectivity index (χ1n) is 5.74. The molecule has 18 heavy (non-hydrogen) atoms. The molecular weight excluding hydrogens is 228 g/mol. The van der Waals surface area contributed by atoms with Crippen LogP contribution in [0.3, 0.4) is 0 Å². The number of Topliss-reactive ketones (excluding diaryl/α,β-unsaturated/α-hetero) is 1. The fourth-order valence-electron chi connectivity index (χ4n) is 1.89. The number of carbonyl (C=O) groups excluding carboxylic acids is 1. The van der Waals surface area contributed by atoms with Gasteiger partial charge in [-0.15, -0.1) is 0 Å². The van der Waals surface area contributed by atoms with Crippen molar-refractivity contribution < 1.29 is 9.90 Å². The topological polar surface area (TPSA) is 89.3 Å². The normalized spacial score (nSPS) is 24.4. The Labute approximate surface area is 106 Å². The summed E-state index contributed by atoms with van der Waals surface area (Å²) in [5.74, 6) is -0.423. The maximum Gasteiger partial charge on any atom is 0.189 e. The summed E-state index contributed by atoms with van der Waals surface area (Å²) in [5, 5.41) is 10.1. The lowest BCUT2D eigenvalue weighted by atomic mass is 9.83. The Morgan fingerprint density at radius 3 is 2.56 bits per heavy atom. The second kappa shape index (κ2) is 4.76. The first-order valence-corrected chi connectivity index (χ1v) is 5.74. The number of aliphatic hydroxyl groups excluding tert-OH is 1. The van der Waals surface area contributed by atoms with Crippen molar-refractivity contribution in [3.05, 3.63) is 59.8 Å². The summed E-state index contributed by atoms with van der Waals surface area (Å²) >= 11 is 0. The van der Waals surface area contributed by atoms with Gasteiger partial charge in [0.15, 0.2) is 5.78 Å². The molecular formula is C14H16N2O2. The molecule has 0 amide bonds. The monoisotopic (exact) mass is 244 g/mol. The minimum atomic E-state index is -1.21. The summed E-state index contributed by atoms with van der Waals surface area (Å²) in [4.78, 5) is 12.2. The SMILES string of the molecule is NC1=CCC(N)(C(=O)C(O)c2ccccc2)C=C1. The van der Waals surface area contributed by atoms with Crippen molar-refractivity contribution in [2.24, 2.45) is 11.5 Å². The van der Waals surface area contributed by atoms with E-state index in [0.29, 0.717) is 17.7 Å². The van der Waals surface area contributed by atoms with E-state index in [1.807, 2.05) is 6.07 Å². The molecule has 2 rings (SSSR count). The van der Waals surface area contributed by atoms with Crippen LogP contribution in [0.4, 0.5) is 0 Å². The van der Waals surface area contributed by atoms with Crippen LogP contribution in [0.15, 0.2) is 54.3 Å². The number of allylic oxidation sites excluding steroid dienone is 1. The molecule has 1 aliphatic rings. The Morgan fingerprint density at radius 2 is 2.00 bits per heavy atom. The zero-order chi connectivity index (χ0) is 13.2. The van der Waals surface area contributed by atoms with Crippen molar-refractivity contribution in [2.45, 2.75) is 18.1 Å². The van der Waals surface area contributed by atoms with Crippen molar-refractivity contribution >= 4 is 5.78 Å². The Bertz CT molecular complexity index is 508. The number of hydrogen-bond acceptors (Lipinski definition) is 4. The van der Waals surface area contributed by atoms with E-state index in [-0.39, 0.29) is 0 Å². The predicted octanol–water partition coefficient (Wildman–Crippen LogP) is 0.789. The number of nitrogens with two attached hydrogens (primary N) is 2. The lowest BCUT2D eigenvalue weighted by Crippen LogP contribution is -2.49. The summed E-state index contributed by atoms with van der Waals surface area (Å²) in [6.45, 7) is 0. The van der Waals surface area contributed by atoms with Crippen molar-refractivity contribution in [2.75, 3.05) is 0 Å². The first-order chi connectivity index (χ1) is 8.53. The Morgan fingerprint density at radius 1 is 1.33 bits per heavy atom. The van der Waals surface area contributed by atoms with Gasteiger partial charge in [-0.2, -0.15) is 0 Å². The lowest BCUT2D eigenvalue weighted by Gasteiger charge is -2.28. The van der Waals surface area contributed by atoms with Crippen molar-refractivity contribution in [1.82, 2.24) is 0 Å². The van der Waals surface area contributed by atoms with Crippen LogP contribution in [-0.2, 0) is 4.79 Å². The highest BCUT2D eigenvalue weighted by Gasteiger charge is 2.36. The summed E-state index contributed by atoms with van der Waals surface area (Å²) in [7, 11) is 0. The van der Waals surface area contributed by atoms with E-state index in [0.717, 1.165) is 0 Å². The molecule has 0 aliphatic heterocycles. The number of aliphatic hydroxyl groups is 1. The molecule has 4 heteroatoms. The number of rotatable bonds is 3. The van der Waals surface area contributed by atoms with Gasteiger partial charge in [0, 0.05) is 5.70 Å². The molecule has 0 heterocycles. The maximum absolute atomic E-state index is 12.2. The van der Waals surface area contributed by atoms with Crippen LogP contribution in [0, 0.1) is 0 Å². The molecule has 0 bridgehead atoms. The number of carbonyl (C=O) groups is 1. The Hall–Kier alpha value is -1.91. The Kier molecular flexibility index (Phi) is 3.32. The highest BCUT2D eigenvalue weighted by atomic mass is 16.3. The highest BCUT2D eigenvalue weighted by Crippen LogP contribution is 2.25. The molecule has 2 unspecified atom stereocenters. The summed E-state index contributed by atoms with van der Waals surface area (Å²) in [6, 6.07) is 8.75. The molecule has 0 radical (unpaired) electrons. The minimum absolute atomic E-state index is 0.304. The second-order valence-electron chi connectivity index (χ2n) is 4.46. The van der Waals surface area contributed by atoms with Crippen LogP contribution in [0.1, 0.15) is 18.1 Å². The van der Waals surface area contributed by atoms with Gasteiger partial charge in [0.2, 0.25) is 0 Å². The third-order valence-corrected chi connectivity index (χ3v) is 3.07. The summed E-state index contributed by atoms with van der Waals surface area (Å²) in [5.41, 5.74) is 11.5. The van der Waals surface area contributed by atoms with Crippen LogP contribution in [-0.4, -0.2) is 16.4 Å². The first kappa shape index (κ1) is 12.5. The molecule has 0 saturated carbocycles. The fraction of sp³-hybridized carbons (Fsp3) is 0.214. The van der Waals surface area contributed by atoms with Crippen LogP contribution < -0.4 is 11.5 Å². The van der Waals surface area contributed by atoms with Crippen molar-refractivity contribution in [3.63, 3.8) is 0 Å². The van der Waals surface area contributed by atoms with Gasteiger partial charge < -0.3 is 16.6 Å². The molecule has 4 nitrogen and oxygen atoms in total. The fourth-order valence-corrected chi connectivity index (χ4v) is 1.89. The standard InChI is InChI=1S/C14H16N2O2/c15-11-6-8-14(16,9-7-11)13(18)12(17)10-4-2-1-3-5-10/h1-8,12,17H,9,15-16H2. The molecule has 0 fully saturated rings. The van der Waals surface area contributed by atoms with Gasteiger partial charge >= 0.3 is 0 Å². The molecule has 1 aliphatic carbocycles. The van der Waals surface area contributed by atoms with Gasteiger partial charge in [0.25, 0.3) is 0 Å². The predicted molar refractivity (Wildman–Crippen MR) is 69.4 cm³/mol. The zero-order valence-corrected chi connectivity index (χ0v) is 9.91. The van der Waals surface area contributed by atoms with Gasteiger partial charge in [0.05, 0.1) is 0 Å². The van der Waals surface area contributed by atoms with Crippen LogP contribution >= 0.6 is 0 Å². The van der Waals surface area contributed by atoms with Crippen LogP contribution in [0.2, 0.25) is 0 Å². The lowest BCUT2D eigenvalue weighted by molar-refractivity contribution is -0.131. The van der Waals surface area contributed by atoms with Gasteiger partial charge in [-0.1, -0.05) is 42.5 Å². The molecule has 1 aromatic carbocycles. The average Bonchev–Trinajstić information content (AvgIpc) is 2.41. The maximum atomic E-state index is 12.2. The van der Waals surface area contributed by atoms with Gasteiger partial charge in [-0.05, 0) is 18.1 Å². The van der Waals surface area contributed by atoms with Gasteiger partial charge in [-0.25, -0.2) is 0 Å². The molecule has 2 atom stereocenters. The van der Waals surface area contributed by atoms with Crippen LogP contribution in [0.5, 0.6) is 0 Å². The number of hydrogen-bond donors (Lipinski definition) is 3. The van der Waals surface area contributed by atoms with E-state index in [1.165, 1.54) is 0 Å². The molecule has 94 valence electrons. The van der Waals surface area contributed by atoms with Gasteiger partial charge in [-0.3, -0.25) is 4.79 Å². The van der Waals surface area contributed by atoms with E-state index < -0.39 is 17.4 Å². The number of benzene rings is 1. The molecule has 0 saturated heterocycles. The second-order valence-corrected chi connectivity index (χ2v) is 4.46. The van der Waals surface area contributed by atoms with Crippen molar-refractivity contribution in [3.8, 4) is 0 Å². The summed E-state index contributed by atoms with van der Waals surface area (Å²) in [6.07, 6.45) is 3.93. The summed E-state index contributed by atoms with van der Waals surface area (Å²) < 4.78 is 0. The van der Waals surface area contributed by atoms with E-state index >= 15 is 0 Å². The zero-order valence-electron chi connectivity index (χ0n) is 9.91. The largest absolute Gasteiger partial charge is 0.399 e. The third kappa shape index (κ3) is 2.34. The minimum Gasteiger partial charge on any atom is -0.399 e. The van der Waals surface area contributed by atoms with Crippen LogP contribution in [0.25, 0.3) is 0 Å². The van der Waals surface area contributed by atoms with Gasteiger partial charge in [0.1, 0.15) is 11.6 Å². The van der Waals surface area contributed by atoms with E-state index in [1.54, 1.807) is 42.5 Å². The van der Waals surface area contributed by atoms with Crippen molar-refractivity contribution in [1.29, 1.82) is 0 Å². The number of ketones is 1. The van der Waals surface area contributed by atoms with E-state index in [4.69, 9.17) is 11.5 Å². The quantitative estimate of drug-likeness (QED) is 0.733. The third-order valence-electron chi connectivity index (χ3n) is 3.07. The molecule has 0 spiro atoms. The molecule has 1 aromatic rings. The molecule has 5 N–H and O–H groups in total.